The van der Waals surface area contributed by atoms with Crippen LogP contribution < -0.4 is 10.2 Å². The summed E-state index contributed by atoms with van der Waals surface area (Å²) in [5.41, 5.74) is 2.26. The molecule has 0 saturated carbocycles. The highest BCUT2D eigenvalue weighted by atomic mass is 16.6. The fourth-order valence-electron chi connectivity index (χ4n) is 2.36. The number of fused-ring (bicyclic) bond motifs is 1. The topological polar surface area (TPSA) is 58.6 Å². The molecule has 1 N–H and O–H groups in total. The van der Waals surface area contributed by atoms with Gasteiger partial charge in [-0.3, -0.25) is 10.1 Å². The van der Waals surface area contributed by atoms with Crippen molar-refractivity contribution >= 4 is 23.3 Å². The van der Waals surface area contributed by atoms with E-state index >= 15 is 0 Å². The molecule has 2 rings (SSSR count). The molecule has 1 aliphatic heterocycles. The first-order valence-corrected chi connectivity index (χ1v) is 7.10. The average Bonchev–Trinajstić information content (AvgIpc) is 2.46. The molecule has 5 nitrogen and oxygen atoms in total. The van der Waals surface area contributed by atoms with E-state index in [1.165, 1.54) is 0 Å². The molecule has 5 heteroatoms. The highest BCUT2D eigenvalue weighted by Gasteiger charge is 2.19. The summed E-state index contributed by atoms with van der Waals surface area (Å²) in [5, 5.41) is 2.73. The van der Waals surface area contributed by atoms with Crippen LogP contribution >= 0.6 is 0 Å². The van der Waals surface area contributed by atoms with Gasteiger partial charge in [0.25, 0.3) is 0 Å². The third-order valence-corrected chi connectivity index (χ3v) is 3.22. The van der Waals surface area contributed by atoms with Gasteiger partial charge in [-0.2, -0.15) is 0 Å². The van der Waals surface area contributed by atoms with Gasteiger partial charge in [-0.1, -0.05) is 0 Å². The van der Waals surface area contributed by atoms with Crippen LogP contribution in [-0.2, 0) is 16.0 Å². The van der Waals surface area contributed by atoms with Gasteiger partial charge in [0, 0.05) is 24.8 Å². The summed E-state index contributed by atoms with van der Waals surface area (Å²) < 4.78 is 5.23. The number of nitrogens with one attached hydrogen (secondary N) is 1. The summed E-state index contributed by atoms with van der Waals surface area (Å²) in [5.74, 6) is 0.232. The summed E-state index contributed by atoms with van der Waals surface area (Å²) >= 11 is 0. The van der Waals surface area contributed by atoms with E-state index in [0.717, 1.165) is 11.3 Å². The van der Waals surface area contributed by atoms with Crippen LogP contribution in [0.2, 0.25) is 0 Å². The molecular weight excluding hydrogens is 268 g/mol. The molecule has 0 fully saturated rings. The van der Waals surface area contributed by atoms with Crippen molar-refractivity contribution in [2.75, 3.05) is 23.8 Å². The van der Waals surface area contributed by atoms with E-state index in [1.54, 1.807) is 0 Å². The molecule has 1 amide bonds. The Kier molecular flexibility index (Phi) is 4.21. The normalized spacial score (nSPS) is 15.2. The van der Waals surface area contributed by atoms with E-state index in [1.807, 2.05) is 50.9 Å². The van der Waals surface area contributed by atoms with Crippen molar-refractivity contribution in [1.82, 2.24) is 0 Å². The van der Waals surface area contributed by atoms with E-state index < -0.39 is 11.7 Å². The largest absolute Gasteiger partial charge is 0.444 e. The third-order valence-electron chi connectivity index (χ3n) is 3.22. The molecule has 0 aromatic heterocycles. The molecule has 0 unspecified atom stereocenters. The molecule has 0 atom stereocenters. The zero-order chi connectivity index (χ0) is 15.6. The highest BCUT2D eigenvalue weighted by Crippen LogP contribution is 2.27. The molecule has 1 aromatic rings. The first-order valence-electron chi connectivity index (χ1n) is 7.10. The summed E-state index contributed by atoms with van der Waals surface area (Å²) in [6, 6.07) is 5.67. The minimum absolute atomic E-state index is 0.232. The lowest BCUT2D eigenvalue weighted by molar-refractivity contribution is -0.117. The number of rotatable bonds is 1. The molecular formula is C16H22N2O3. The Hall–Kier alpha value is -2.04. The average molecular weight is 290 g/mol. The van der Waals surface area contributed by atoms with Crippen molar-refractivity contribution in [3.05, 3.63) is 23.8 Å². The molecule has 114 valence electrons. The Labute approximate surface area is 125 Å². The van der Waals surface area contributed by atoms with Crippen molar-refractivity contribution in [3.8, 4) is 0 Å². The lowest BCUT2D eigenvalue weighted by Crippen LogP contribution is -2.27. The lowest BCUT2D eigenvalue weighted by Gasteiger charge is -2.21. The maximum Gasteiger partial charge on any atom is 0.412 e. The van der Waals surface area contributed by atoms with Gasteiger partial charge < -0.3 is 9.64 Å². The van der Waals surface area contributed by atoms with Crippen molar-refractivity contribution in [3.63, 3.8) is 0 Å². The number of amides is 1. The number of Topliss-reactive ketones (excluding diaryl/α,β-unsaturated/α-hetero) is 1. The van der Waals surface area contributed by atoms with Crippen molar-refractivity contribution in [2.24, 2.45) is 0 Å². The Morgan fingerprint density at radius 2 is 2.00 bits per heavy atom. The zero-order valence-electron chi connectivity index (χ0n) is 13.0. The monoisotopic (exact) mass is 290 g/mol. The van der Waals surface area contributed by atoms with Crippen molar-refractivity contribution in [1.29, 1.82) is 0 Å². The first kappa shape index (κ1) is 15.4. The number of likely N-dealkylation sites (N-methyl/N-ethyl adjacent to an activating group) is 1. The summed E-state index contributed by atoms with van der Waals surface area (Å²) in [4.78, 5) is 25.4. The summed E-state index contributed by atoms with van der Waals surface area (Å²) in [7, 11) is 1.91. The SMILES string of the molecule is CN1CC(=O)CCc2cc(NC(=O)OC(C)(C)C)ccc21. The maximum absolute atomic E-state index is 11.8. The van der Waals surface area contributed by atoms with Crippen LogP contribution in [0, 0.1) is 0 Å². The third kappa shape index (κ3) is 4.21. The number of carbonyl (C=O) groups excluding carboxylic acids is 2. The van der Waals surface area contributed by atoms with Gasteiger partial charge in [0.15, 0.2) is 5.78 Å². The molecule has 0 radical (unpaired) electrons. The lowest BCUT2D eigenvalue weighted by atomic mass is 10.1. The molecule has 1 heterocycles. The standard InChI is InChI=1S/C16H22N2O3/c1-16(2,3)21-15(20)17-12-6-8-14-11(9-12)5-7-13(19)10-18(14)4/h6,8-9H,5,7,10H2,1-4H3,(H,17,20). The molecule has 1 aromatic carbocycles. The van der Waals surface area contributed by atoms with Crippen LogP contribution in [-0.4, -0.2) is 31.1 Å². The van der Waals surface area contributed by atoms with E-state index in [2.05, 4.69) is 5.32 Å². The molecule has 0 aliphatic carbocycles. The van der Waals surface area contributed by atoms with Crippen LogP contribution in [0.3, 0.4) is 0 Å². The number of ether oxygens (including phenoxy) is 1. The number of anilines is 2. The summed E-state index contributed by atoms with van der Waals surface area (Å²) in [6.07, 6.45) is 0.760. The second kappa shape index (κ2) is 5.76. The Bertz CT molecular complexity index is 561. The van der Waals surface area contributed by atoms with E-state index in [9.17, 15) is 9.59 Å². The van der Waals surface area contributed by atoms with Crippen LogP contribution in [0.5, 0.6) is 0 Å². The molecule has 0 bridgehead atoms. The van der Waals surface area contributed by atoms with Crippen LogP contribution in [0.25, 0.3) is 0 Å². The molecule has 0 saturated heterocycles. The van der Waals surface area contributed by atoms with Gasteiger partial charge in [0.2, 0.25) is 0 Å². The Morgan fingerprint density at radius 1 is 1.29 bits per heavy atom. The smallest absolute Gasteiger partial charge is 0.412 e. The number of hydrogen-bond donors (Lipinski definition) is 1. The zero-order valence-corrected chi connectivity index (χ0v) is 13.0. The van der Waals surface area contributed by atoms with Crippen LogP contribution in [0.1, 0.15) is 32.8 Å². The fourth-order valence-corrected chi connectivity index (χ4v) is 2.36. The predicted molar refractivity (Wildman–Crippen MR) is 82.9 cm³/mol. The highest BCUT2D eigenvalue weighted by molar-refractivity contribution is 5.88. The van der Waals surface area contributed by atoms with Crippen molar-refractivity contribution < 1.29 is 14.3 Å². The predicted octanol–water partition coefficient (Wildman–Crippen LogP) is 2.99. The first-order chi connectivity index (χ1) is 9.74. The molecule has 21 heavy (non-hydrogen) atoms. The van der Waals surface area contributed by atoms with Gasteiger partial charge >= 0.3 is 6.09 Å². The number of ketones is 1. The number of hydrogen-bond acceptors (Lipinski definition) is 4. The Morgan fingerprint density at radius 3 is 2.67 bits per heavy atom. The second-order valence-corrected chi connectivity index (χ2v) is 6.37. The van der Waals surface area contributed by atoms with E-state index in [0.29, 0.717) is 25.1 Å². The summed E-state index contributed by atoms with van der Waals surface area (Å²) in [6.45, 7) is 5.91. The van der Waals surface area contributed by atoms with E-state index in [4.69, 9.17) is 4.74 Å². The quantitative estimate of drug-likeness (QED) is 0.864. The van der Waals surface area contributed by atoms with Crippen molar-refractivity contribution in [2.45, 2.75) is 39.2 Å². The van der Waals surface area contributed by atoms with Gasteiger partial charge in [-0.05, 0) is 51.0 Å². The molecule has 0 spiro atoms. The number of nitrogens with zero attached hydrogens (tertiary/aromatic N) is 1. The number of carbonyl (C=O) groups is 2. The van der Waals surface area contributed by atoms with Crippen LogP contribution in [0.15, 0.2) is 18.2 Å². The van der Waals surface area contributed by atoms with Gasteiger partial charge in [0.05, 0.1) is 6.54 Å². The minimum Gasteiger partial charge on any atom is -0.444 e. The number of benzene rings is 1. The van der Waals surface area contributed by atoms with E-state index in [-0.39, 0.29) is 5.78 Å². The number of aryl methyl sites for hydroxylation is 1. The second-order valence-electron chi connectivity index (χ2n) is 6.37. The van der Waals surface area contributed by atoms with Gasteiger partial charge in [0.1, 0.15) is 5.60 Å². The minimum atomic E-state index is -0.525. The molecule has 1 aliphatic rings. The van der Waals surface area contributed by atoms with Crippen LogP contribution in [0.4, 0.5) is 16.2 Å². The fraction of sp³-hybridized carbons (Fsp3) is 0.500. The van der Waals surface area contributed by atoms with Gasteiger partial charge in [-0.25, -0.2) is 4.79 Å². The maximum atomic E-state index is 11.8. The Balaban J connectivity index is 2.14. The van der Waals surface area contributed by atoms with Gasteiger partial charge in [-0.15, -0.1) is 0 Å².